The number of aromatic carboxylic acids is 1. The highest BCUT2D eigenvalue weighted by atomic mass is 16.5. The molecular weight excluding hydrogens is 452 g/mol. The van der Waals surface area contributed by atoms with Crippen molar-refractivity contribution >= 4 is 22.4 Å². The number of benzene rings is 2. The zero-order valence-electron chi connectivity index (χ0n) is 20.9. The zero-order valence-corrected chi connectivity index (χ0v) is 20.9. The second-order valence-corrected chi connectivity index (χ2v) is 10.4. The number of ether oxygens (including phenoxy) is 1. The lowest BCUT2D eigenvalue weighted by atomic mass is 9.81. The zero-order chi connectivity index (χ0) is 24.8. The summed E-state index contributed by atoms with van der Waals surface area (Å²) in [6.07, 6.45) is 5.33. The molecule has 1 unspecified atom stereocenters. The van der Waals surface area contributed by atoms with E-state index in [2.05, 4.69) is 40.7 Å². The lowest BCUT2D eigenvalue weighted by Crippen LogP contribution is -2.45. The molecule has 0 amide bonds. The Bertz CT molecular complexity index is 1340. The largest absolute Gasteiger partial charge is 0.478 e. The van der Waals surface area contributed by atoms with Gasteiger partial charge < -0.3 is 19.5 Å². The molecule has 1 aliphatic carbocycles. The van der Waals surface area contributed by atoms with Crippen LogP contribution in [0.15, 0.2) is 48.0 Å². The van der Waals surface area contributed by atoms with E-state index in [1.54, 1.807) is 6.07 Å². The molecule has 6 rings (SSSR count). The highest BCUT2D eigenvalue weighted by Gasteiger charge is 2.33. The number of carboxylic acids is 1. The maximum atomic E-state index is 11.9. The molecule has 6 nitrogen and oxygen atoms in total. The molecule has 3 heterocycles. The molecule has 0 radical (unpaired) electrons. The van der Waals surface area contributed by atoms with Crippen molar-refractivity contribution in [3.63, 3.8) is 0 Å². The van der Waals surface area contributed by atoms with Gasteiger partial charge in [-0.05, 0) is 60.1 Å². The number of hydrogen-bond acceptors (Lipinski definition) is 4. The number of rotatable bonds is 4. The van der Waals surface area contributed by atoms with Crippen LogP contribution in [0.3, 0.4) is 0 Å². The third-order valence-corrected chi connectivity index (χ3v) is 8.46. The Kier molecular flexibility index (Phi) is 6.20. The number of aliphatic hydroxyl groups is 1. The summed E-state index contributed by atoms with van der Waals surface area (Å²) in [5.74, 6) is -0.465. The molecule has 36 heavy (non-hydrogen) atoms. The second-order valence-electron chi connectivity index (χ2n) is 10.4. The topological polar surface area (TPSA) is 74.9 Å². The minimum Gasteiger partial charge on any atom is -0.478 e. The third-order valence-electron chi connectivity index (χ3n) is 8.46. The van der Waals surface area contributed by atoms with Gasteiger partial charge in [-0.25, -0.2) is 4.79 Å². The smallest absolute Gasteiger partial charge is 0.335 e. The van der Waals surface area contributed by atoms with Crippen molar-refractivity contribution < 1.29 is 19.7 Å². The molecule has 0 spiro atoms. The molecule has 3 aromatic rings. The van der Waals surface area contributed by atoms with E-state index in [4.69, 9.17) is 4.74 Å². The van der Waals surface area contributed by atoms with Crippen LogP contribution in [0.5, 0.6) is 0 Å². The van der Waals surface area contributed by atoms with E-state index in [1.807, 2.05) is 12.1 Å². The molecule has 1 saturated heterocycles. The molecule has 2 aliphatic heterocycles. The fraction of sp³-hybridized carbons (Fsp3) is 0.433. The van der Waals surface area contributed by atoms with Crippen LogP contribution in [-0.2, 0) is 11.3 Å². The normalized spacial score (nSPS) is 20.2. The number of carbonyl (C=O) groups is 1. The van der Waals surface area contributed by atoms with E-state index in [-0.39, 0.29) is 0 Å². The van der Waals surface area contributed by atoms with Crippen molar-refractivity contribution in [3.8, 4) is 11.3 Å². The van der Waals surface area contributed by atoms with Crippen molar-refractivity contribution in [2.75, 3.05) is 26.3 Å². The van der Waals surface area contributed by atoms with Gasteiger partial charge in [-0.2, -0.15) is 0 Å². The van der Waals surface area contributed by atoms with Gasteiger partial charge in [-0.15, -0.1) is 0 Å². The van der Waals surface area contributed by atoms with Crippen LogP contribution in [0.2, 0.25) is 0 Å². The lowest BCUT2D eigenvalue weighted by Gasteiger charge is -2.33. The van der Waals surface area contributed by atoms with Gasteiger partial charge in [0.25, 0.3) is 0 Å². The van der Waals surface area contributed by atoms with Gasteiger partial charge in [-0.1, -0.05) is 49.6 Å². The summed E-state index contributed by atoms with van der Waals surface area (Å²) in [6.45, 7) is 5.26. The van der Waals surface area contributed by atoms with Gasteiger partial charge in [0.05, 0.1) is 24.5 Å². The summed E-state index contributed by atoms with van der Waals surface area (Å²) in [4.78, 5) is 14.0. The van der Waals surface area contributed by atoms with Gasteiger partial charge in [-0.3, -0.25) is 4.90 Å². The Labute approximate surface area is 211 Å². The quantitative estimate of drug-likeness (QED) is 0.510. The van der Waals surface area contributed by atoms with Gasteiger partial charge in [0, 0.05) is 36.1 Å². The monoisotopic (exact) mass is 486 g/mol. The number of aliphatic hydroxyl groups excluding tert-OH is 1. The molecule has 1 atom stereocenters. The summed E-state index contributed by atoms with van der Waals surface area (Å²) in [6, 6.07) is 14.1. The number of morpholine rings is 1. The molecule has 3 aliphatic rings. The van der Waals surface area contributed by atoms with Crippen molar-refractivity contribution in [2.24, 2.45) is 0 Å². The van der Waals surface area contributed by atoms with E-state index >= 15 is 0 Å². The summed E-state index contributed by atoms with van der Waals surface area (Å²) in [7, 11) is 0. The molecule has 188 valence electrons. The van der Waals surface area contributed by atoms with E-state index in [0.29, 0.717) is 44.3 Å². The fourth-order valence-corrected chi connectivity index (χ4v) is 6.56. The minimum absolute atomic E-state index is 0.298. The first-order chi connectivity index (χ1) is 17.5. The van der Waals surface area contributed by atoms with Crippen LogP contribution in [0, 0.1) is 0 Å². The third kappa shape index (κ3) is 3.88. The molecule has 2 fully saturated rings. The van der Waals surface area contributed by atoms with E-state index in [1.165, 1.54) is 36.1 Å². The number of fused-ring (bicyclic) bond motifs is 5. The Morgan fingerprint density at radius 3 is 2.47 bits per heavy atom. The van der Waals surface area contributed by atoms with Gasteiger partial charge in [0.1, 0.15) is 6.23 Å². The molecule has 1 aromatic heterocycles. The summed E-state index contributed by atoms with van der Waals surface area (Å²) in [5.41, 5.74) is 8.18. The number of hydrogen-bond donors (Lipinski definition) is 2. The van der Waals surface area contributed by atoms with Gasteiger partial charge >= 0.3 is 5.97 Å². The first-order valence-corrected chi connectivity index (χ1v) is 13.2. The van der Waals surface area contributed by atoms with E-state index in [9.17, 15) is 15.0 Å². The first kappa shape index (κ1) is 23.5. The number of allylic oxidation sites excluding steroid dienone is 1. The van der Waals surface area contributed by atoms with Gasteiger partial charge in [0.15, 0.2) is 0 Å². The lowest BCUT2D eigenvalue weighted by molar-refractivity contribution is -0.0421. The number of nitrogens with zero attached hydrogens (tertiary/aromatic N) is 2. The SMILES string of the molecule is CC1=C(C(O)N2CCOCC2)Cn2c(c(C3CCCCC3)c3ccc(C(=O)O)cc32)-c2ccccc21. The molecule has 6 heteroatoms. The summed E-state index contributed by atoms with van der Waals surface area (Å²) < 4.78 is 7.83. The highest BCUT2D eigenvalue weighted by molar-refractivity contribution is 6.00. The van der Waals surface area contributed by atoms with Crippen LogP contribution in [0.25, 0.3) is 27.7 Å². The first-order valence-electron chi connectivity index (χ1n) is 13.2. The van der Waals surface area contributed by atoms with Crippen molar-refractivity contribution in [1.82, 2.24) is 9.47 Å². The predicted octanol–water partition coefficient (Wildman–Crippen LogP) is 5.49. The van der Waals surface area contributed by atoms with Crippen molar-refractivity contribution in [2.45, 2.75) is 57.7 Å². The van der Waals surface area contributed by atoms with Crippen molar-refractivity contribution in [3.05, 3.63) is 64.7 Å². The average molecular weight is 487 g/mol. The standard InChI is InChI=1S/C30H34N2O4/c1-19-22-9-5-6-10-23(22)28-27(20-7-3-2-4-8-20)24-12-11-21(30(34)35)17-26(24)32(28)18-25(19)29(33)31-13-15-36-16-14-31/h5-6,9-12,17,20,29,33H,2-4,7-8,13-16,18H2,1H3,(H,34,35). The maximum absolute atomic E-state index is 11.9. The van der Waals surface area contributed by atoms with Crippen LogP contribution in [0.1, 0.15) is 66.4 Å². The van der Waals surface area contributed by atoms with Crippen LogP contribution >= 0.6 is 0 Å². The molecule has 2 aromatic carbocycles. The van der Waals surface area contributed by atoms with Crippen molar-refractivity contribution in [1.29, 1.82) is 0 Å². The highest BCUT2D eigenvalue weighted by Crippen LogP contribution is 2.48. The molecular formula is C30H34N2O4. The Balaban J connectivity index is 1.61. The predicted molar refractivity (Wildman–Crippen MR) is 141 cm³/mol. The number of carboxylic acid groups (broad SMARTS) is 1. The van der Waals surface area contributed by atoms with Crippen LogP contribution in [-0.4, -0.2) is 58.2 Å². The van der Waals surface area contributed by atoms with Gasteiger partial charge in [0.2, 0.25) is 0 Å². The summed E-state index contributed by atoms with van der Waals surface area (Å²) >= 11 is 0. The molecule has 2 N–H and O–H groups in total. The Hall–Kier alpha value is -2.93. The van der Waals surface area contributed by atoms with Crippen LogP contribution < -0.4 is 0 Å². The molecule has 1 saturated carbocycles. The van der Waals surface area contributed by atoms with E-state index < -0.39 is 12.2 Å². The van der Waals surface area contributed by atoms with E-state index in [0.717, 1.165) is 40.5 Å². The number of aromatic nitrogens is 1. The summed E-state index contributed by atoms with van der Waals surface area (Å²) in [5, 5.41) is 22.6. The second kappa shape index (κ2) is 9.51. The Morgan fingerprint density at radius 2 is 1.75 bits per heavy atom. The Morgan fingerprint density at radius 1 is 1.03 bits per heavy atom. The average Bonchev–Trinajstić information content (AvgIpc) is 3.18. The minimum atomic E-state index is -0.916. The maximum Gasteiger partial charge on any atom is 0.335 e. The van der Waals surface area contributed by atoms with Crippen LogP contribution in [0.4, 0.5) is 0 Å². The fourth-order valence-electron chi connectivity index (χ4n) is 6.56. The molecule has 0 bridgehead atoms.